The van der Waals surface area contributed by atoms with E-state index in [2.05, 4.69) is 17.2 Å². The van der Waals surface area contributed by atoms with Crippen LogP contribution in [0.1, 0.15) is 28.8 Å². The fourth-order valence-electron chi connectivity index (χ4n) is 2.88. The van der Waals surface area contributed by atoms with E-state index in [-0.39, 0.29) is 0 Å². The molecule has 3 aromatic rings. The molecule has 144 valence electrons. The van der Waals surface area contributed by atoms with Crippen LogP contribution in [-0.4, -0.2) is 5.91 Å². The van der Waals surface area contributed by atoms with Crippen molar-refractivity contribution in [3.63, 3.8) is 0 Å². The fraction of sp³-hybridized carbons (Fsp3) is 0.125. The molecule has 3 aromatic carbocycles. The molecule has 0 saturated heterocycles. The number of rotatable bonds is 3. The molecule has 2 nitrogen and oxygen atoms in total. The molecule has 29 heavy (non-hydrogen) atoms. The van der Waals surface area contributed by atoms with Crippen molar-refractivity contribution in [2.75, 3.05) is 5.32 Å². The molecule has 1 amide bonds. The molecule has 0 aliphatic heterocycles. The number of anilines is 1. The predicted octanol–water partition coefficient (Wildman–Crippen LogP) is 6.30. The highest BCUT2D eigenvalue weighted by atomic mass is 35.5. The first-order valence-corrected chi connectivity index (χ1v) is 9.56. The van der Waals surface area contributed by atoms with Crippen molar-refractivity contribution in [1.82, 2.24) is 0 Å². The van der Waals surface area contributed by atoms with Crippen LogP contribution < -0.4 is 5.32 Å². The van der Waals surface area contributed by atoms with Crippen molar-refractivity contribution in [1.29, 1.82) is 0 Å². The molecule has 0 aromatic heterocycles. The number of nitrogens with one attached hydrogen (secondary N) is 1. The summed E-state index contributed by atoms with van der Waals surface area (Å²) in [6.45, 7) is 0. The molecule has 0 unspecified atom stereocenters. The molecule has 1 aliphatic carbocycles. The van der Waals surface area contributed by atoms with Crippen LogP contribution in [0.5, 0.6) is 0 Å². The lowest BCUT2D eigenvalue weighted by atomic mass is 10.0. The van der Waals surface area contributed by atoms with E-state index in [0.717, 1.165) is 28.8 Å². The SMILES string of the molecule is O=C(Nc1ccc(-c2ccc(C#CC3CC3)cc2Cl)cc1)c1c(F)cccc1F. The van der Waals surface area contributed by atoms with Gasteiger partial charge in [0.1, 0.15) is 17.2 Å². The van der Waals surface area contributed by atoms with E-state index >= 15 is 0 Å². The largest absolute Gasteiger partial charge is 0.322 e. The van der Waals surface area contributed by atoms with E-state index in [0.29, 0.717) is 16.6 Å². The summed E-state index contributed by atoms with van der Waals surface area (Å²) in [6, 6.07) is 15.8. The van der Waals surface area contributed by atoms with Gasteiger partial charge in [-0.2, -0.15) is 0 Å². The average molecular weight is 408 g/mol. The third kappa shape index (κ3) is 4.47. The second-order valence-electron chi connectivity index (χ2n) is 6.87. The summed E-state index contributed by atoms with van der Waals surface area (Å²) in [5.41, 5.74) is 2.38. The lowest BCUT2D eigenvalue weighted by molar-refractivity contribution is 0.101. The first-order chi connectivity index (χ1) is 14.0. The molecule has 1 fully saturated rings. The molecule has 0 radical (unpaired) electrons. The zero-order valence-electron chi connectivity index (χ0n) is 15.3. The second kappa shape index (κ2) is 8.06. The van der Waals surface area contributed by atoms with Crippen molar-refractivity contribution in [3.05, 3.63) is 88.4 Å². The summed E-state index contributed by atoms with van der Waals surface area (Å²) in [6.07, 6.45) is 2.34. The molecule has 1 aliphatic rings. The smallest absolute Gasteiger partial charge is 0.261 e. The van der Waals surface area contributed by atoms with Gasteiger partial charge in [0.05, 0.1) is 0 Å². The van der Waals surface area contributed by atoms with Crippen LogP contribution in [0.25, 0.3) is 11.1 Å². The number of carbonyl (C=O) groups excluding carboxylic acids is 1. The third-order valence-electron chi connectivity index (χ3n) is 4.61. The van der Waals surface area contributed by atoms with Crippen LogP contribution in [-0.2, 0) is 0 Å². The van der Waals surface area contributed by atoms with Gasteiger partial charge in [-0.3, -0.25) is 4.79 Å². The van der Waals surface area contributed by atoms with E-state index in [4.69, 9.17) is 11.6 Å². The summed E-state index contributed by atoms with van der Waals surface area (Å²) < 4.78 is 27.5. The fourth-order valence-corrected chi connectivity index (χ4v) is 3.17. The monoisotopic (exact) mass is 407 g/mol. The number of amides is 1. The van der Waals surface area contributed by atoms with Gasteiger partial charge in [0, 0.05) is 27.8 Å². The van der Waals surface area contributed by atoms with Gasteiger partial charge < -0.3 is 5.32 Å². The van der Waals surface area contributed by atoms with Crippen molar-refractivity contribution < 1.29 is 13.6 Å². The van der Waals surface area contributed by atoms with Crippen LogP contribution in [0.15, 0.2) is 60.7 Å². The first kappa shape index (κ1) is 19.2. The van der Waals surface area contributed by atoms with Crippen LogP contribution in [0.2, 0.25) is 5.02 Å². The summed E-state index contributed by atoms with van der Waals surface area (Å²) in [5, 5.41) is 3.09. The lowest BCUT2D eigenvalue weighted by Crippen LogP contribution is -2.15. The highest BCUT2D eigenvalue weighted by Gasteiger charge is 2.18. The summed E-state index contributed by atoms with van der Waals surface area (Å²) in [5.74, 6) is 4.21. The van der Waals surface area contributed by atoms with Crippen molar-refractivity contribution >= 4 is 23.2 Å². The molecule has 1 saturated carbocycles. The normalized spacial score (nSPS) is 12.8. The lowest BCUT2D eigenvalue weighted by Gasteiger charge is -2.09. The highest BCUT2D eigenvalue weighted by Crippen LogP contribution is 2.31. The molecule has 5 heteroatoms. The van der Waals surface area contributed by atoms with Crippen LogP contribution in [0.4, 0.5) is 14.5 Å². The predicted molar refractivity (Wildman–Crippen MR) is 111 cm³/mol. The van der Waals surface area contributed by atoms with E-state index in [1.165, 1.54) is 18.9 Å². The summed E-state index contributed by atoms with van der Waals surface area (Å²) in [4.78, 5) is 12.2. The average Bonchev–Trinajstić information content (AvgIpc) is 3.52. The van der Waals surface area contributed by atoms with E-state index < -0.39 is 23.1 Å². The van der Waals surface area contributed by atoms with E-state index in [1.54, 1.807) is 24.3 Å². The van der Waals surface area contributed by atoms with Crippen molar-refractivity contribution in [2.24, 2.45) is 5.92 Å². The molecule has 1 N–H and O–H groups in total. The number of benzene rings is 3. The Bertz CT molecular complexity index is 1120. The Morgan fingerprint density at radius 1 is 1.00 bits per heavy atom. The minimum absolute atomic E-state index is 0.421. The van der Waals surface area contributed by atoms with Crippen LogP contribution in [0.3, 0.4) is 0 Å². The quantitative estimate of drug-likeness (QED) is 0.507. The summed E-state index contributed by atoms with van der Waals surface area (Å²) >= 11 is 6.41. The summed E-state index contributed by atoms with van der Waals surface area (Å²) in [7, 11) is 0. The Hall–Kier alpha value is -3.16. The van der Waals surface area contributed by atoms with Gasteiger partial charge in [0.2, 0.25) is 0 Å². The zero-order chi connectivity index (χ0) is 20.4. The van der Waals surface area contributed by atoms with E-state index in [9.17, 15) is 13.6 Å². The number of hydrogen-bond donors (Lipinski definition) is 1. The maximum atomic E-state index is 13.7. The molecule has 0 heterocycles. The van der Waals surface area contributed by atoms with Gasteiger partial charge >= 0.3 is 0 Å². The maximum Gasteiger partial charge on any atom is 0.261 e. The van der Waals surface area contributed by atoms with Gasteiger partial charge in [-0.05, 0) is 54.8 Å². The number of hydrogen-bond acceptors (Lipinski definition) is 1. The minimum Gasteiger partial charge on any atom is -0.322 e. The Kier molecular flexibility index (Phi) is 5.33. The number of halogens is 3. The first-order valence-electron chi connectivity index (χ1n) is 9.18. The molecule has 0 atom stereocenters. The Morgan fingerprint density at radius 3 is 2.31 bits per heavy atom. The standard InChI is InChI=1S/C24H16ClF2NO/c25-20-14-16(7-6-15-4-5-15)8-13-19(20)17-9-11-18(12-10-17)28-24(29)23-21(26)2-1-3-22(23)27/h1-3,8-15H,4-5H2,(H,28,29). The van der Waals surface area contributed by atoms with Gasteiger partial charge in [-0.25, -0.2) is 8.78 Å². The van der Waals surface area contributed by atoms with Crippen LogP contribution in [0, 0.1) is 29.4 Å². The molecule has 0 bridgehead atoms. The van der Waals surface area contributed by atoms with E-state index in [1.807, 2.05) is 18.2 Å². The van der Waals surface area contributed by atoms with Crippen LogP contribution >= 0.6 is 11.6 Å². The molecule has 4 rings (SSSR count). The second-order valence-corrected chi connectivity index (χ2v) is 7.27. The molecule has 0 spiro atoms. The van der Waals surface area contributed by atoms with Gasteiger partial charge in [-0.15, -0.1) is 0 Å². The van der Waals surface area contributed by atoms with Crippen molar-refractivity contribution in [2.45, 2.75) is 12.8 Å². The minimum atomic E-state index is -0.907. The van der Waals surface area contributed by atoms with Gasteiger partial charge in [-0.1, -0.05) is 47.7 Å². The molecular weight excluding hydrogens is 392 g/mol. The van der Waals surface area contributed by atoms with Gasteiger partial charge in [0.15, 0.2) is 0 Å². The Balaban J connectivity index is 1.51. The number of carbonyl (C=O) groups is 1. The Morgan fingerprint density at radius 2 is 1.69 bits per heavy atom. The highest BCUT2D eigenvalue weighted by molar-refractivity contribution is 6.33. The topological polar surface area (TPSA) is 29.1 Å². The zero-order valence-corrected chi connectivity index (χ0v) is 16.1. The van der Waals surface area contributed by atoms with Crippen molar-refractivity contribution in [3.8, 4) is 23.0 Å². The van der Waals surface area contributed by atoms with Gasteiger partial charge in [0.25, 0.3) is 5.91 Å². The maximum absolute atomic E-state index is 13.7. The Labute approximate surface area is 172 Å². The third-order valence-corrected chi connectivity index (χ3v) is 4.92. The molecular formula is C24H16ClF2NO.